The Morgan fingerprint density at radius 3 is 2.65 bits per heavy atom. The standard InChI is InChI=1S/C18H18N2O3/c1-2-7-13-10-6-11-15(16(13)21)12-19-20-18(23)17(22)14-8-4-3-5-9-14/h2-6,8-12,17,21-22H,1,7H2,(H,20,23)/b19-12-/t17-/m0/s1. The summed E-state index contributed by atoms with van der Waals surface area (Å²) in [6.45, 7) is 3.63. The van der Waals surface area contributed by atoms with Crippen LogP contribution in [0.15, 0.2) is 66.3 Å². The molecule has 0 heterocycles. The third-order valence-corrected chi connectivity index (χ3v) is 3.26. The van der Waals surface area contributed by atoms with Gasteiger partial charge in [0, 0.05) is 5.56 Å². The van der Waals surface area contributed by atoms with E-state index in [-0.39, 0.29) is 5.75 Å². The van der Waals surface area contributed by atoms with Crippen molar-refractivity contribution in [2.24, 2.45) is 5.10 Å². The first-order valence-corrected chi connectivity index (χ1v) is 7.11. The Kier molecular flexibility index (Phi) is 5.66. The highest BCUT2D eigenvalue weighted by atomic mass is 16.3. The largest absolute Gasteiger partial charge is 0.507 e. The number of hydrogen-bond donors (Lipinski definition) is 3. The molecule has 2 aromatic carbocycles. The van der Waals surface area contributed by atoms with Crippen LogP contribution in [0.4, 0.5) is 0 Å². The van der Waals surface area contributed by atoms with Crippen LogP contribution >= 0.6 is 0 Å². The lowest BCUT2D eigenvalue weighted by Crippen LogP contribution is -2.25. The van der Waals surface area contributed by atoms with Crippen molar-refractivity contribution in [3.05, 3.63) is 77.9 Å². The molecule has 0 aliphatic rings. The number of aliphatic hydroxyl groups excluding tert-OH is 1. The molecule has 1 amide bonds. The van der Waals surface area contributed by atoms with Gasteiger partial charge in [-0.3, -0.25) is 4.79 Å². The Morgan fingerprint density at radius 1 is 1.22 bits per heavy atom. The van der Waals surface area contributed by atoms with Gasteiger partial charge in [-0.15, -0.1) is 6.58 Å². The van der Waals surface area contributed by atoms with E-state index in [1.165, 1.54) is 6.21 Å². The molecule has 0 unspecified atom stereocenters. The zero-order valence-electron chi connectivity index (χ0n) is 12.5. The Labute approximate surface area is 134 Å². The fraction of sp³-hybridized carbons (Fsp3) is 0.111. The highest BCUT2D eigenvalue weighted by Crippen LogP contribution is 2.21. The minimum absolute atomic E-state index is 0.0917. The molecule has 5 nitrogen and oxygen atoms in total. The second kappa shape index (κ2) is 7.91. The van der Waals surface area contributed by atoms with Crippen molar-refractivity contribution in [1.82, 2.24) is 5.43 Å². The highest BCUT2D eigenvalue weighted by molar-refractivity contribution is 5.87. The average molecular weight is 310 g/mol. The van der Waals surface area contributed by atoms with Gasteiger partial charge in [0.25, 0.3) is 5.91 Å². The summed E-state index contributed by atoms with van der Waals surface area (Å²) in [4.78, 5) is 11.8. The van der Waals surface area contributed by atoms with Crippen LogP contribution < -0.4 is 5.43 Å². The lowest BCUT2D eigenvalue weighted by atomic mass is 10.1. The van der Waals surface area contributed by atoms with E-state index in [4.69, 9.17) is 0 Å². The van der Waals surface area contributed by atoms with Crippen molar-refractivity contribution >= 4 is 12.1 Å². The molecule has 1 atom stereocenters. The van der Waals surface area contributed by atoms with Gasteiger partial charge in [0.05, 0.1) is 6.21 Å². The topological polar surface area (TPSA) is 81.9 Å². The molecular formula is C18H18N2O3. The third kappa shape index (κ3) is 4.28. The van der Waals surface area contributed by atoms with E-state index in [0.29, 0.717) is 17.5 Å². The molecule has 5 heteroatoms. The predicted molar refractivity (Wildman–Crippen MR) is 89.1 cm³/mol. The smallest absolute Gasteiger partial charge is 0.273 e. The zero-order valence-corrected chi connectivity index (χ0v) is 12.5. The van der Waals surface area contributed by atoms with Crippen molar-refractivity contribution in [2.75, 3.05) is 0 Å². The van der Waals surface area contributed by atoms with Gasteiger partial charge in [0.2, 0.25) is 0 Å². The summed E-state index contributed by atoms with van der Waals surface area (Å²) in [5.74, 6) is -0.553. The molecule has 0 radical (unpaired) electrons. The van der Waals surface area contributed by atoms with Crippen LogP contribution in [0.1, 0.15) is 22.8 Å². The lowest BCUT2D eigenvalue weighted by molar-refractivity contribution is -0.129. The summed E-state index contributed by atoms with van der Waals surface area (Å²) in [7, 11) is 0. The van der Waals surface area contributed by atoms with Crippen molar-refractivity contribution < 1.29 is 15.0 Å². The van der Waals surface area contributed by atoms with Crippen molar-refractivity contribution in [2.45, 2.75) is 12.5 Å². The minimum Gasteiger partial charge on any atom is -0.507 e. The number of phenols is 1. The molecule has 3 N–H and O–H groups in total. The predicted octanol–water partition coefficient (Wildman–Crippen LogP) is 2.30. The summed E-state index contributed by atoms with van der Waals surface area (Å²) >= 11 is 0. The lowest BCUT2D eigenvalue weighted by Gasteiger charge is -2.08. The molecular weight excluding hydrogens is 292 g/mol. The first kappa shape index (κ1) is 16.5. The van der Waals surface area contributed by atoms with Crippen LogP contribution in [-0.2, 0) is 11.2 Å². The number of aliphatic hydroxyl groups is 1. The van der Waals surface area contributed by atoms with Crippen molar-refractivity contribution in [1.29, 1.82) is 0 Å². The van der Waals surface area contributed by atoms with Crippen LogP contribution in [-0.4, -0.2) is 22.3 Å². The van der Waals surface area contributed by atoms with E-state index in [0.717, 1.165) is 5.56 Å². The van der Waals surface area contributed by atoms with Crippen LogP contribution in [0.5, 0.6) is 5.75 Å². The van der Waals surface area contributed by atoms with Gasteiger partial charge in [-0.25, -0.2) is 5.43 Å². The van der Waals surface area contributed by atoms with Crippen molar-refractivity contribution in [3.8, 4) is 5.75 Å². The van der Waals surface area contributed by atoms with E-state index in [1.807, 2.05) is 0 Å². The Bertz CT molecular complexity index is 711. The van der Waals surface area contributed by atoms with E-state index >= 15 is 0 Å². The molecule has 118 valence electrons. The Morgan fingerprint density at radius 2 is 1.96 bits per heavy atom. The summed E-state index contributed by atoms with van der Waals surface area (Å²) in [6, 6.07) is 13.8. The Hall–Kier alpha value is -2.92. The molecule has 2 aromatic rings. The molecule has 0 saturated heterocycles. The minimum atomic E-state index is -1.30. The van der Waals surface area contributed by atoms with Crippen LogP contribution in [0.3, 0.4) is 0 Å². The first-order chi connectivity index (χ1) is 11.1. The number of carbonyl (C=O) groups excluding carboxylic acids is 1. The number of amides is 1. The number of nitrogens with one attached hydrogen (secondary N) is 1. The maximum absolute atomic E-state index is 11.8. The number of aromatic hydroxyl groups is 1. The number of phenolic OH excluding ortho intramolecular Hbond substituents is 1. The molecule has 0 fully saturated rings. The van der Waals surface area contributed by atoms with Crippen molar-refractivity contribution in [3.63, 3.8) is 0 Å². The zero-order chi connectivity index (χ0) is 16.7. The summed E-state index contributed by atoms with van der Waals surface area (Å²) in [6.07, 6.45) is 2.26. The molecule has 0 saturated carbocycles. The summed E-state index contributed by atoms with van der Waals surface area (Å²) < 4.78 is 0. The molecule has 0 bridgehead atoms. The van der Waals surface area contributed by atoms with E-state index < -0.39 is 12.0 Å². The van der Waals surface area contributed by atoms with Gasteiger partial charge in [-0.05, 0) is 23.6 Å². The SMILES string of the molecule is C=CCc1cccc(/C=N\NC(=O)[C@@H](O)c2ccccc2)c1O. The molecule has 0 aromatic heterocycles. The van der Waals surface area contributed by atoms with E-state index in [9.17, 15) is 15.0 Å². The van der Waals surface area contributed by atoms with Crippen LogP contribution in [0.2, 0.25) is 0 Å². The number of hydrazone groups is 1. The van der Waals surface area contributed by atoms with Gasteiger partial charge in [0.1, 0.15) is 5.75 Å². The average Bonchev–Trinajstić information content (AvgIpc) is 2.58. The van der Waals surface area contributed by atoms with Gasteiger partial charge < -0.3 is 10.2 Å². The molecule has 23 heavy (non-hydrogen) atoms. The third-order valence-electron chi connectivity index (χ3n) is 3.26. The van der Waals surface area contributed by atoms with Gasteiger partial charge in [-0.1, -0.05) is 48.5 Å². The quantitative estimate of drug-likeness (QED) is 0.435. The number of para-hydroxylation sites is 1. The van der Waals surface area contributed by atoms with Gasteiger partial charge >= 0.3 is 0 Å². The van der Waals surface area contributed by atoms with Crippen LogP contribution in [0, 0.1) is 0 Å². The second-order valence-electron chi connectivity index (χ2n) is 4.90. The number of benzene rings is 2. The monoisotopic (exact) mass is 310 g/mol. The van der Waals surface area contributed by atoms with Gasteiger partial charge in [0.15, 0.2) is 6.10 Å². The summed E-state index contributed by atoms with van der Waals surface area (Å²) in [5.41, 5.74) is 3.93. The fourth-order valence-electron chi connectivity index (χ4n) is 2.05. The summed E-state index contributed by atoms with van der Waals surface area (Å²) in [5, 5.41) is 23.8. The number of allylic oxidation sites excluding steroid dienone is 1. The molecule has 0 aliphatic carbocycles. The molecule has 0 spiro atoms. The highest BCUT2D eigenvalue weighted by Gasteiger charge is 2.16. The molecule has 0 aliphatic heterocycles. The maximum atomic E-state index is 11.8. The number of nitrogens with zero attached hydrogens (tertiary/aromatic N) is 1. The fourth-order valence-corrected chi connectivity index (χ4v) is 2.05. The molecule has 2 rings (SSSR count). The number of carbonyl (C=O) groups is 1. The Balaban J connectivity index is 2.03. The van der Waals surface area contributed by atoms with Gasteiger partial charge in [-0.2, -0.15) is 5.10 Å². The van der Waals surface area contributed by atoms with E-state index in [2.05, 4.69) is 17.1 Å². The number of hydrogen-bond acceptors (Lipinski definition) is 4. The number of rotatable bonds is 6. The first-order valence-electron chi connectivity index (χ1n) is 7.11. The maximum Gasteiger partial charge on any atom is 0.273 e. The van der Waals surface area contributed by atoms with Crippen LogP contribution in [0.25, 0.3) is 0 Å². The van der Waals surface area contributed by atoms with E-state index in [1.54, 1.807) is 54.6 Å². The second-order valence-corrected chi connectivity index (χ2v) is 4.90. The normalized spacial score (nSPS) is 12.0.